The molecule has 1 unspecified atom stereocenters. The van der Waals surface area contributed by atoms with Crippen molar-refractivity contribution in [2.75, 3.05) is 0 Å². The third-order valence-corrected chi connectivity index (χ3v) is 3.55. The van der Waals surface area contributed by atoms with Crippen LogP contribution in [0.15, 0.2) is 42.5 Å². The largest absolute Gasteiger partial charge is 0.306 e. The van der Waals surface area contributed by atoms with Crippen molar-refractivity contribution in [2.45, 2.75) is 19.5 Å². The molecule has 4 nitrogen and oxygen atoms in total. The fourth-order valence-electron chi connectivity index (χ4n) is 1.95. The summed E-state index contributed by atoms with van der Waals surface area (Å²) in [5.74, 6) is -0.379. The lowest BCUT2D eigenvalue weighted by molar-refractivity contribution is -0.384. The van der Waals surface area contributed by atoms with Crippen LogP contribution in [-0.2, 0) is 6.54 Å². The van der Waals surface area contributed by atoms with Gasteiger partial charge < -0.3 is 5.32 Å². The van der Waals surface area contributed by atoms with Crippen LogP contribution in [0.2, 0.25) is 5.02 Å². The van der Waals surface area contributed by atoms with Gasteiger partial charge in [0.05, 0.1) is 4.92 Å². The van der Waals surface area contributed by atoms with Gasteiger partial charge in [0.15, 0.2) is 0 Å². The Morgan fingerprint density at radius 3 is 2.76 bits per heavy atom. The van der Waals surface area contributed by atoms with Gasteiger partial charge in [-0.3, -0.25) is 10.1 Å². The Hall–Kier alpha value is -1.98. The number of halogens is 2. The van der Waals surface area contributed by atoms with E-state index < -0.39 is 4.92 Å². The average molecular weight is 309 g/mol. The summed E-state index contributed by atoms with van der Waals surface area (Å²) in [5, 5.41) is 14.3. The summed E-state index contributed by atoms with van der Waals surface area (Å²) in [4.78, 5) is 10.3. The van der Waals surface area contributed by atoms with Crippen molar-refractivity contribution < 1.29 is 9.31 Å². The zero-order valence-electron chi connectivity index (χ0n) is 11.3. The van der Waals surface area contributed by atoms with Crippen LogP contribution in [0.1, 0.15) is 24.1 Å². The van der Waals surface area contributed by atoms with Gasteiger partial charge in [-0.2, -0.15) is 0 Å². The van der Waals surface area contributed by atoms with E-state index in [1.165, 1.54) is 24.3 Å². The van der Waals surface area contributed by atoms with Gasteiger partial charge >= 0.3 is 0 Å². The number of non-ortho nitro benzene ring substituents is 1. The van der Waals surface area contributed by atoms with Crippen molar-refractivity contribution in [3.8, 4) is 0 Å². The summed E-state index contributed by atoms with van der Waals surface area (Å²) in [6.07, 6.45) is 0. The lowest BCUT2D eigenvalue weighted by Crippen LogP contribution is -2.18. The highest BCUT2D eigenvalue weighted by Crippen LogP contribution is 2.21. The minimum Gasteiger partial charge on any atom is -0.306 e. The molecule has 2 rings (SSSR count). The Balaban J connectivity index is 2.06. The fourth-order valence-corrected chi connectivity index (χ4v) is 2.19. The minimum atomic E-state index is -0.424. The van der Waals surface area contributed by atoms with E-state index in [0.29, 0.717) is 11.6 Å². The van der Waals surface area contributed by atoms with Gasteiger partial charge in [-0.05, 0) is 30.2 Å². The lowest BCUT2D eigenvalue weighted by atomic mass is 10.1. The number of hydrogen-bond donors (Lipinski definition) is 1. The van der Waals surface area contributed by atoms with Crippen molar-refractivity contribution in [1.29, 1.82) is 0 Å². The molecule has 2 aromatic rings. The molecular formula is C15H14ClFN2O2. The summed E-state index contributed by atoms with van der Waals surface area (Å²) < 4.78 is 13.0. The Bertz CT molecular complexity index is 664. The van der Waals surface area contributed by atoms with Crippen LogP contribution < -0.4 is 5.32 Å². The van der Waals surface area contributed by atoms with E-state index in [4.69, 9.17) is 11.6 Å². The van der Waals surface area contributed by atoms with Crippen LogP contribution in [-0.4, -0.2) is 4.92 Å². The molecule has 21 heavy (non-hydrogen) atoms. The van der Waals surface area contributed by atoms with Crippen LogP contribution in [0, 0.1) is 15.9 Å². The zero-order chi connectivity index (χ0) is 15.4. The molecule has 110 valence electrons. The molecule has 0 amide bonds. The van der Waals surface area contributed by atoms with Crippen molar-refractivity contribution in [2.24, 2.45) is 0 Å². The van der Waals surface area contributed by atoms with Gasteiger partial charge in [0.1, 0.15) is 5.82 Å². The molecule has 6 heteroatoms. The van der Waals surface area contributed by atoms with Crippen LogP contribution in [0.3, 0.4) is 0 Å². The number of nitro groups is 1. The Morgan fingerprint density at radius 2 is 2.10 bits per heavy atom. The molecule has 1 atom stereocenters. The number of rotatable bonds is 5. The first kappa shape index (κ1) is 15.4. The summed E-state index contributed by atoms with van der Waals surface area (Å²) in [7, 11) is 0. The van der Waals surface area contributed by atoms with Crippen molar-refractivity contribution >= 4 is 17.3 Å². The number of nitrogens with zero attached hydrogens (tertiary/aromatic N) is 1. The summed E-state index contributed by atoms with van der Waals surface area (Å²) in [6, 6.07) is 10.6. The number of hydrogen-bond acceptors (Lipinski definition) is 3. The van der Waals surface area contributed by atoms with E-state index in [1.54, 1.807) is 12.1 Å². The molecule has 0 aromatic heterocycles. The maximum atomic E-state index is 13.0. The van der Waals surface area contributed by atoms with Gasteiger partial charge in [-0.1, -0.05) is 29.8 Å². The van der Waals surface area contributed by atoms with Gasteiger partial charge in [0.25, 0.3) is 5.69 Å². The molecule has 0 spiro atoms. The normalized spacial score (nSPS) is 12.1. The highest BCUT2D eigenvalue weighted by atomic mass is 35.5. The monoisotopic (exact) mass is 308 g/mol. The Kier molecular flexibility index (Phi) is 4.88. The molecule has 0 aliphatic rings. The van der Waals surface area contributed by atoms with E-state index in [1.807, 2.05) is 13.0 Å². The van der Waals surface area contributed by atoms with E-state index in [9.17, 15) is 14.5 Å². The number of benzene rings is 2. The molecule has 0 saturated carbocycles. The quantitative estimate of drug-likeness (QED) is 0.664. The van der Waals surface area contributed by atoms with Crippen molar-refractivity contribution in [1.82, 2.24) is 5.32 Å². The first-order chi connectivity index (χ1) is 9.97. The zero-order valence-corrected chi connectivity index (χ0v) is 12.1. The fraction of sp³-hybridized carbons (Fsp3) is 0.200. The number of nitrogens with one attached hydrogen (secondary N) is 1. The molecule has 0 aliphatic heterocycles. The van der Waals surface area contributed by atoms with Crippen LogP contribution in [0.25, 0.3) is 0 Å². The Morgan fingerprint density at radius 1 is 1.33 bits per heavy atom. The van der Waals surface area contributed by atoms with E-state index in [-0.39, 0.29) is 17.5 Å². The third kappa shape index (κ3) is 4.00. The predicted molar refractivity (Wildman–Crippen MR) is 79.8 cm³/mol. The van der Waals surface area contributed by atoms with Crippen molar-refractivity contribution in [3.05, 3.63) is 74.5 Å². The lowest BCUT2D eigenvalue weighted by Gasteiger charge is -2.15. The predicted octanol–water partition coefficient (Wildman–Crippen LogP) is 4.24. The topological polar surface area (TPSA) is 55.2 Å². The average Bonchev–Trinajstić information content (AvgIpc) is 2.46. The first-order valence-corrected chi connectivity index (χ1v) is 6.77. The maximum Gasteiger partial charge on any atom is 0.269 e. The summed E-state index contributed by atoms with van der Waals surface area (Å²) in [5.41, 5.74) is 1.64. The smallest absolute Gasteiger partial charge is 0.269 e. The van der Waals surface area contributed by atoms with E-state index >= 15 is 0 Å². The highest BCUT2D eigenvalue weighted by molar-refractivity contribution is 6.31. The molecular weight excluding hydrogens is 295 g/mol. The summed E-state index contributed by atoms with van der Waals surface area (Å²) in [6.45, 7) is 2.35. The minimum absolute atomic E-state index is 0.0564. The molecule has 0 bridgehead atoms. The van der Waals surface area contributed by atoms with Gasteiger partial charge in [-0.25, -0.2) is 4.39 Å². The van der Waals surface area contributed by atoms with Crippen LogP contribution >= 0.6 is 11.6 Å². The van der Waals surface area contributed by atoms with E-state index in [2.05, 4.69) is 5.32 Å². The molecule has 1 N–H and O–H groups in total. The standard InChI is InChI=1S/C15H14ClFN2O2/c1-10(11-3-2-4-14(7-11)19(20)21)18-9-12-5-6-13(17)8-15(12)16/h2-8,10,18H,9H2,1H3. The van der Waals surface area contributed by atoms with Gasteiger partial charge in [0.2, 0.25) is 0 Å². The maximum absolute atomic E-state index is 13.0. The summed E-state index contributed by atoms with van der Waals surface area (Å²) >= 11 is 5.96. The third-order valence-electron chi connectivity index (χ3n) is 3.19. The molecule has 2 aromatic carbocycles. The highest BCUT2D eigenvalue weighted by Gasteiger charge is 2.11. The second-order valence-corrected chi connectivity index (χ2v) is 5.10. The van der Waals surface area contributed by atoms with Crippen LogP contribution in [0.4, 0.5) is 10.1 Å². The van der Waals surface area contributed by atoms with Gasteiger partial charge in [-0.15, -0.1) is 0 Å². The molecule has 0 fully saturated rings. The molecule has 0 heterocycles. The SMILES string of the molecule is CC(NCc1ccc(F)cc1Cl)c1cccc([N+](=O)[O-])c1. The first-order valence-electron chi connectivity index (χ1n) is 6.39. The second kappa shape index (κ2) is 6.65. The molecule has 0 radical (unpaired) electrons. The Labute approximate surface area is 126 Å². The van der Waals surface area contributed by atoms with Crippen LogP contribution in [0.5, 0.6) is 0 Å². The molecule has 0 aliphatic carbocycles. The number of nitro benzene ring substituents is 1. The van der Waals surface area contributed by atoms with Crippen molar-refractivity contribution in [3.63, 3.8) is 0 Å². The van der Waals surface area contributed by atoms with E-state index in [0.717, 1.165) is 11.1 Å². The van der Waals surface area contributed by atoms with Gasteiger partial charge in [0, 0.05) is 29.7 Å². The molecule has 0 saturated heterocycles. The second-order valence-electron chi connectivity index (χ2n) is 4.69.